The van der Waals surface area contributed by atoms with Crippen LogP contribution in [0, 0.1) is 44.3 Å². The van der Waals surface area contributed by atoms with E-state index in [4.69, 9.17) is 0 Å². The van der Waals surface area contributed by atoms with E-state index in [-0.39, 0.29) is 7.43 Å². The van der Waals surface area contributed by atoms with Crippen molar-refractivity contribution in [2.24, 2.45) is 44.3 Å². The second kappa shape index (κ2) is 6.50. The van der Waals surface area contributed by atoms with Crippen LogP contribution in [0.2, 0.25) is 0 Å². The van der Waals surface area contributed by atoms with Gasteiger partial charge in [0.15, 0.2) is 0 Å². The summed E-state index contributed by atoms with van der Waals surface area (Å²) in [6.45, 7) is 24.2. The molecular weight excluding hydrogens is 324 g/mol. The second-order valence-corrected chi connectivity index (χ2v) is 13.8. The Hall–Kier alpha value is 0. The first kappa shape index (κ1) is 23.3. The molecule has 0 aliphatic heterocycles. The molecule has 0 amide bonds. The summed E-state index contributed by atoms with van der Waals surface area (Å²) < 4.78 is 0. The number of rotatable bonds is 2. The molecule has 0 spiro atoms. The van der Waals surface area contributed by atoms with Gasteiger partial charge in [-0.2, -0.15) is 0 Å². The number of hydrogen-bond acceptors (Lipinski definition) is 0. The van der Waals surface area contributed by atoms with Gasteiger partial charge in [0.25, 0.3) is 0 Å². The lowest BCUT2D eigenvalue weighted by Gasteiger charge is -2.80. The maximum absolute atomic E-state index is 2.43. The lowest BCUT2D eigenvalue weighted by Crippen LogP contribution is -2.71. The summed E-state index contributed by atoms with van der Waals surface area (Å²) in [5, 5.41) is 0. The SMILES string of the molecule is C.CC(C)(C)C12CC(C(C)(C)C)(C1)C2.CC(C)C12CCC(C(C)C)(CC1)C2. The van der Waals surface area contributed by atoms with E-state index in [1.165, 1.54) is 51.4 Å². The monoisotopic (exact) mass is 376 g/mol. The van der Waals surface area contributed by atoms with Crippen molar-refractivity contribution in [3.63, 3.8) is 0 Å². The van der Waals surface area contributed by atoms with Gasteiger partial charge in [0.1, 0.15) is 0 Å². The minimum Gasteiger partial charge on any atom is -0.0776 e. The van der Waals surface area contributed by atoms with E-state index in [1.807, 2.05) is 0 Å². The van der Waals surface area contributed by atoms with Crippen LogP contribution in [0.5, 0.6) is 0 Å². The Labute approximate surface area is 172 Å². The molecule has 0 radical (unpaired) electrons. The zero-order chi connectivity index (χ0) is 19.8. The van der Waals surface area contributed by atoms with Crippen LogP contribution in [0.3, 0.4) is 0 Å². The molecule has 160 valence electrons. The topological polar surface area (TPSA) is 0 Å². The molecule has 5 aliphatic carbocycles. The predicted octanol–water partition coefficient (Wildman–Crippen LogP) is 9.13. The van der Waals surface area contributed by atoms with E-state index in [0.29, 0.717) is 10.8 Å². The molecule has 0 unspecified atom stereocenters. The Morgan fingerprint density at radius 1 is 0.519 bits per heavy atom. The van der Waals surface area contributed by atoms with Crippen LogP contribution in [0.15, 0.2) is 0 Å². The predicted molar refractivity (Wildman–Crippen MR) is 122 cm³/mol. The smallest absolute Gasteiger partial charge is 0.0232 e. The highest BCUT2D eigenvalue weighted by Crippen LogP contribution is 2.83. The summed E-state index contributed by atoms with van der Waals surface area (Å²) in [5.74, 6) is 1.83. The molecule has 0 N–H and O–H groups in total. The highest BCUT2D eigenvalue weighted by atomic mass is 14.8. The van der Waals surface area contributed by atoms with Crippen LogP contribution >= 0.6 is 0 Å². The second-order valence-electron chi connectivity index (χ2n) is 13.8. The van der Waals surface area contributed by atoms with Crippen LogP contribution in [-0.4, -0.2) is 0 Å². The van der Waals surface area contributed by atoms with Crippen molar-refractivity contribution in [3.05, 3.63) is 0 Å². The minimum absolute atomic E-state index is 0. The zero-order valence-electron chi connectivity index (χ0n) is 19.8. The molecule has 0 aromatic rings. The minimum atomic E-state index is 0. The molecule has 0 heterocycles. The number of hydrogen-bond donors (Lipinski definition) is 0. The van der Waals surface area contributed by atoms with Gasteiger partial charge in [-0.1, -0.05) is 76.7 Å². The van der Waals surface area contributed by atoms with Gasteiger partial charge < -0.3 is 0 Å². The van der Waals surface area contributed by atoms with Gasteiger partial charge in [0.2, 0.25) is 0 Å². The molecule has 0 heteroatoms. The average molecular weight is 377 g/mol. The van der Waals surface area contributed by atoms with Crippen LogP contribution in [0.1, 0.15) is 128 Å². The first-order valence-electron chi connectivity index (χ1n) is 11.6. The van der Waals surface area contributed by atoms with Gasteiger partial charge in [-0.3, -0.25) is 0 Å². The Morgan fingerprint density at radius 2 is 0.778 bits per heavy atom. The number of fused-ring (bicyclic) bond motifs is 2. The van der Waals surface area contributed by atoms with E-state index >= 15 is 0 Å². The van der Waals surface area contributed by atoms with E-state index in [0.717, 1.165) is 33.5 Å². The standard InChI is InChI=1S/2C13H24.CH4/c1-10(2,3)12-7-13(8-12,9-12)11(4,5)6;1-10(2)12-5-7-13(9-12,8-6-12)11(3)4;/h7-9H2,1-6H3;10-11H,5-9H2,1-4H3;1H4. The third kappa shape index (κ3) is 3.24. The summed E-state index contributed by atoms with van der Waals surface area (Å²) in [7, 11) is 0. The van der Waals surface area contributed by atoms with Gasteiger partial charge in [0, 0.05) is 0 Å². The molecule has 5 rings (SSSR count). The van der Waals surface area contributed by atoms with Gasteiger partial charge in [-0.25, -0.2) is 0 Å². The summed E-state index contributed by atoms with van der Waals surface area (Å²) in [4.78, 5) is 0. The fraction of sp³-hybridized carbons (Fsp3) is 1.00. The summed E-state index contributed by atoms with van der Waals surface area (Å²) >= 11 is 0. The van der Waals surface area contributed by atoms with E-state index in [9.17, 15) is 0 Å². The molecule has 0 aromatic carbocycles. The van der Waals surface area contributed by atoms with Gasteiger partial charge in [-0.15, -0.1) is 0 Å². The largest absolute Gasteiger partial charge is 0.0776 e. The molecule has 0 aromatic heterocycles. The Morgan fingerprint density at radius 3 is 0.926 bits per heavy atom. The normalized spacial score (nSPS) is 42.2. The quantitative estimate of drug-likeness (QED) is 0.450. The van der Waals surface area contributed by atoms with Crippen LogP contribution in [0.25, 0.3) is 0 Å². The fourth-order valence-electron chi connectivity index (χ4n) is 7.24. The molecule has 4 bridgehead atoms. The zero-order valence-corrected chi connectivity index (χ0v) is 19.8. The molecule has 5 aliphatic rings. The first-order valence-corrected chi connectivity index (χ1v) is 11.6. The molecule has 5 saturated carbocycles. The maximum atomic E-state index is 2.43. The van der Waals surface area contributed by atoms with Crippen molar-refractivity contribution in [2.45, 2.75) is 128 Å². The highest BCUT2D eigenvalue weighted by molar-refractivity contribution is 5.23. The van der Waals surface area contributed by atoms with E-state index in [1.54, 1.807) is 0 Å². The molecule has 0 nitrogen and oxygen atoms in total. The lowest BCUT2D eigenvalue weighted by molar-refractivity contribution is -0.302. The van der Waals surface area contributed by atoms with Crippen LogP contribution < -0.4 is 0 Å². The maximum Gasteiger partial charge on any atom is -0.0232 e. The molecule has 0 saturated heterocycles. The van der Waals surface area contributed by atoms with Gasteiger partial charge in [0.05, 0.1) is 0 Å². The van der Waals surface area contributed by atoms with Crippen molar-refractivity contribution in [2.75, 3.05) is 0 Å². The van der Waals surface area contributed by atoms with E-state index in [2.05, 4.69) is 69.2 Å². The van der Waals surface area contributed by atoms with Crippen LogP contribution in [0.4, 0.5) is 0 Å². The average Bonchev–Trinajstić information content (AvgIpc) is 2.90. The summed E-state index contributed by atoms with van der Waals surface area (Å²) in [5.41, 5.74) is 4.04. The van der Waals surface area contributed by atoms with Crippen molar-refractivity contribution in [1.82, 2.24) is 0 Å². The van der Waals surface area contributed by atoms with Crippen molar-refractivity contribution in [1.29, 1.82) is 0 Å². The summed E-state index contributed by atoms with van der Waals surface area (Å²) in [6, 6.07) is 0. The van der Waals surface area contributed by atoms with E-state index < -0.39 is 0 Å². The van der Waals surface area contributed by atoms with Crippen LogP contribution in [-0.2, 0) is 0 Å². The van der Waals surface area contributed by atoms with Crippen molar-refractivity contribution in [3.8, 4) is 0 Å². The third-order valence-corrected chi connectivity index (χ3v) is 10.6. The summed E-state index contributed by atoms with van der Waals surface area (Å²) in [6.07, 6.45) is 12.1. The van der Waals surface area contributed by atoms with Crippen molar-refractivity contribution < 1.29 is 0 Å². The third-order valence-electron chi connectivity index (χ3n) is 10.6. The molecule has 0 atom stereocenters. The first-order chi connectivity index (χ1) is 11.6. The van der Waals surface area contributed by atoms with Gasteiger partial charge in [-0.05, 0) is 95.7 Å². The Bertz CT molecular complexity index is 460. The van der Waals surface area contributed by atoms with Gasteiger partial charge >= 0.3 is 0 Å². The fourth-order valence-corrected chi connectivity index (χ4v) is 7.24. The molecule has 5 fully saturated rings. The Balaban J connectivity index is 0.000000187. The highest BCUT2D eigenvalue weighted by Gasteiger charge is 2.74. The molecular formula is C27H52. The lowest BCUT2D eigenvalue weighted by atomic mass is 9.25. The Kier molecular flexibility index (Phi) is 5.60. The van der Waals surface area contributed by atoms with Crippen molar-refractivity contribution >= 4 is 0 Å². The molecule has 27 heavy (non-hydrogen) atoms.